The van der Waals surface area contributed by atoms with E-state index in [2.05, 4.69) is 0 Å². The number of hydrogen-bond acceptors (Lipinski definition) is 4. The van der Waals surface area contributed by atoms with Gasteiger partial charge in [0, 0.05) is 12.2 Å². The standard InChI is InChI=1S/C12H16N4O2/c13-7-3-4-9(8(6-7)11(14)17)16-5-1-2-10(16)12(15)18/h3-4,6,10H,1-2,5,13H2,(H2,14,17)(H2,15,18). The van der Waals surface area contributed by atoms with E-state index in [1.54, 1.807) is 12.1 Å². The van der Waals surface area contributed by atoms with Crippen molar-refractivity contribution in [2.45, 2.75) is 18.9 Å². The van der Waals surface area contributed by atoms with Crippen LogP contribution in [0, 0.1) is 0 Å². The van der Waals surface area contributed by atoms with Crippen LogP contribution in [0.15, 0.2) is 18.2 Å². The molecule has 1 atom stereocenters. The van der Waals surface area contributed by atoms with E-state index in [0.717, 1.165) is 6.42 Å². The van der Waals surface area contributed by atoms with Crippen molar-refractivity contribution in [3.8, 4) is 0 Å². The molecule has 6 heteroatoms. The quantitative estimate of drug-likeness (QED) is 0.643. The lowest BCUT2D eigenvalue weighted by molar-refractivity contribution is -0.119. The third-order valence-electron chi connectivity index (χ3n) is 3.18. The summed E-state index contributed by atoms with van der Waals surface area (Å²) in [7, 11) is 0. The molecule has 6 nitrogen and oxygen atoms in total. The molecule has 2 rings (SSSR count). The first-order valence-electron chi connectivity index (χ1n) is 5.76. The molecule has 1 aromatic carbocycles. The molecular weight excluding hydrogens is 232 g/mol. The van der Waals surface area contributed by atoms with E-state index in [-0.39, 0.29) is 11.9 Å². The minimum Gasteiger partial charge on any atom is -0.399 e. The van der Waals surface area contributed by atoms with Crippen LogP contribution in [0.25, 0.3) is 0 Å². The fourth-order valence-corrected chi connectivity index (χ4v) is 2.35. The summed E-state index contributed by atoms with van der Waals surface area (Å²) in [6.07, 6.45) is 1.55. The summed E-state index contributed by atoms with van der Waals surface area (Å²) in [4.78, 5) is 24.6. The Morgan fingerprint density at radius 2 is 2.00 bits per heavy atom. The van der Waals surface area contributed by atoms with Crippen molar-refractivity contribution in [3.05, 3.63) is 23.8 Å². The number of nitrogen functional groups attached to an aromatic ring is 1. The van der Waals surface area contributed by atoms with Gasteiger partial charge in [0.2, 0.25) is 5.91 Å². The van der Waals surface area contributed by atoms with E-state index in [0.29, 0.717) is 29.9 Å². The summed E-state index contributed by atoms with van der Waals surface area (Å²) >= 11 is 0. The number of hydrogen-bond donors (Lipinski definition) is 3. The fraction of sp³-hybridized carbons (Fsp3) is 0.333. The van der Waals surface area contributed by atoms with E-state index < -0.39 is 5.91 Å². The number of benzene rings is 1. The maximum Gasteiger partial charge on any atom is 0.250 e. The van der Waals surface area contributed by atoms with E-state index in [4.69, 9.17) is 17.2 Å². The van der Waals surface area contributed by atoms with Gasteiger partial charge >= 0.3 is 0 Å². The van der Waals surface area contributed by atoms with E-state index in [1.807, 2.05) is 4.90 Å². The molecule has 0 saturated carbocycles. The van der Waals surface area contributed by atoms with Gasteiger partial charge in [-0.05, 0) is 31.0 Å². The zero-order chi connectivity index (χ0) is 13.3. The summed E-state index contributed by atoms with van der Waals surface area (Å²) in [6, 6.07) is 4.52. The lowest BCUT2D eigenvalue weighted by atomic mass is 10.1. The molecule has 1 unspecified atom stereocenters. The number of primary amides is 2. The zero-order valence-electron chi connectivity index (χ0n) is 9.93. The van der Waals surface area contributed by atoms with Crippen LogP contribution >= 0.6 is 0 Å². The second kappa shape index (κ2) is 4.56. The largest absolute Gasteiger partial charge is 0.399 e. The van der Waals surface area contributed by atoms with Crippen molar-refractivity contribution in [1.29, 1.82) is 0 Å². The van der Waals surface area contributed by atoms with Gasteiger partial charge in [-0.2, -0.15) is 0 Å². The van der Waals surface area contributed by atoms with E-state index in [1.165, 1.54) is 6.07 Å². The first-order chi connectivity index (χ1) is 8.50. The molecule has 2 amide bonds. The van der Waals surface area contributed by atoms with Gasteiger partial charge in [-0.1, -0.05) is 0 Å². The SMILES string of the molecule is NC(=O)c1cc(N)ccc1N1CCCC1C(N)=O. The molecule has 0 radical (unpaired) electrons. The Hall–Kier alpha value is -2.24. The zero-order valence-corrected chi connectivity index (χ0v) is 9.93. The molecule has 0 aromatic heterocycles. The third kappa shape index (κ3) is 2.09. The smallest absolute Gasteiger partial charge is 0.250 e. The second-order valence-electron chi connectivity index (χ2n) is 4.39. The van der Waals surface area contributed by atoms with Crippen LogP contribution in [-0.2, 0) is 4.79 Å². The van der Waals surface area contributed by atoms with E-state index in [9.17, 15) is 9.59 Å². The number of rotatable bonds is 3. The van der Waals surface area contributed by atoms with Gasteiger partial charge in [0.25, 0.3) is 5.91 Å². The monoisotopic (exact) mass is 248 g/mol. The van der Waals surface area contributed by atoms with Crippen molar-refractivity contribution in [3.63, 3.8) is 0 Å². The molecule has 1 saturated heterocycles. The summed E-state index contributed by atoms with van der Waals surface area (Å²) in [5, 5.41) is 0. The Bertz CT molecular complexity index is 501. The summed E-state index contributed by atoms with van der Waals surface area (Å²) < 4.78 is 0. The molecule has 1 heterocycles. The fourth-order valence-electron chi connectivity index (χ4n) is 2.35. The average molecular weight is 248 g/mol. The highest BCUT2D eigenvalue weighted by atomic mass is 16.1. The molecule has 96 valence electrons. The predicted molar refractivity (Wildman–Crippen MR) is 68.9 cm³/mol. The average Bonchev–Trinajstić information content (AvgIpc) is 2.77. The lowest BCUT2D eigenvalue weighted by Crippen LogP contribution is -2.41. The molecular formula is C12H16N4O2. The predicted octanol–water partition coefficient (Wildman–Crippen LogP) is -0.178. The van der Waals surface area contributed by atoms with Crippen LogP contribution in [0.2, 0.25) is 0 Å². The Morgan fingerprint density at radius 3 is 2.61 bits per heavy atom. The number of nitrogens with zero attached hydrogens (tertiary/aromatic N) is 1. The minimum atomic E-state index is -0.563. The van der Waals surface area contributed by atoms with Gasteiger partial charge in [-0.3, -0.25) is 9.59 Å². The highest BCUT2D eigenvalue weighted by Crippen LogP contribution is 2.29. The number of nitrogens with two attached hydrogens (primary N) is 3. The number of carbonyl (C=O) groups excluding carboxylic acids is 2. The van der Waals surface area contributed by atoms with Crippen molar-refractivity contribution < 1.29 is 9.59 Å². The van der Waals surface area contributed by atoms with Gasteiger partial charge in [-0.15, -0.1) is 0 Å². The minimum absolute atomic E-state index is 0.322. The van der Waals surface area contributed by atoms with Crippen molar-refractivity contribution in [2.75, 3.05) is 17.2 Å². The third-order valence-corrected chi connectivity index (χ3v) is 3.18. The lowest BCUT2D eigenvalue weighted by Gasteiger charge is -2.26. The molecule has 1 aliphatic heterocycles. The second-order valence-corrected chi connectivity index (χ2v) is 4.39. The molecule has 1 aliphatic rings. The Kier molecular flexibility index (Phi) is 3.10. The number of carbonyl (C=O) groups is 2. The molecule has 18 heavy (non-hydrogen) atoms. The maximum absolute atomic E-state index is 11.4. The molecule has 6 N–H and O–H groups in total. The van der Waals surface area contributed by atoms with Crippen LogP contribution in [-0.4, -0.2) is 24.4 Å². The van der Waals surface area contributed by atoms with Gasteiger partial charge < -0.3 is 22.1 Å². The van der Waals surface area contributed by atoms with Gasteiger partial charge in [-0.25, -0.2) is 0 Å². The van der Waals surface area contributed by atoms with Gasteiger partial charge in [0.05, 0.1) is 11.3 Å². The van der Waals surface area contributed by atoms with Crippen molar-refractivity contribution in [1.82, 2.24) is 0 Å². The summed E-state index contributed by atoms with van der Waals surface area (Å²) in [6.45, 7) is 0.678. The highest BCUT2D eigenvalue weighted by molar-refractivity contribution is 6.00. The molecule has 0 aliphatic carbocycles. The van der Waals surface area contributed by atoms with Crippen molar-refractivity contribution in [2.24, 2.45) is 11.5 Å². The number of amides is 2. The topological polar surface area (TPSA) is 115 Å². The van der Waals surface area contributed by atoms with Crippen LogP contribution in [0.1, 0.15) is 23.2 Å². The van der Waals surface area contributed by atoms with Crippen LogP contribution < -0.4 is 22.1 Å². The van der Waals surface area contributed by atoms with Gasteiger partial charge in [0.1, 0.15) is 6.04 Å². The number of anilines is 2. The molecule has 1 aromatic rings. The normalized spacial score (nSPS) is 18.9. The van der Waals surface area contributed by atoms with Gasteiger partial charge in [0.15, 0.2) is 0 Å². The molecule has 0 bridgehead atoms. The van der Waals surface area contributed by atoms with Crippen LogP contribution in [0.5, 0.6) is 0 Å². The Labute approximate surface area is 105 Å². The molecule has 0 spiro atoms. The first kappa shape index (κ1) is 12.2. The maximum atomic E-state index is 11.4. The summed E-state index contributed by atoms with van der Waals surface area (Å²) in [5.74, 6) is -0.952. The van der Waals surface area contributed by atoms with Crippen LogP contribution in [0.3, 0.4) is 0 Å². The first-order valence-corrected chi connectivity index (χ1v) is 5.76. The highest BCUT2D eigenvalue weighted by Gasteiger charge is 2.31. The van der Waals surface area contributed by atoms with E-state index >= 15 is 0 Å². The molecule has 1 fully saturated rings. The van der Waals surface area contributed by atoms with Crippen molar-refractivity contribution >= 4 is 23.2 Å². The Balaban J connectivity index is 2.44. The van der Waals surface area contributed by atoms with Crippen LogP contribution in [0.4, 0.5) is 11.4 Å². The Morgan fingerprint density at radius 1 is 1.28 bits per heavy atom. The summed E-state index contributed by atoms with van der Waals surface area (Å²) in [5.41, 5.74) is 17.7.